The van der Waals surface area contributed by atoms with Crippen molar-refractivity contribution in [2.24, 2.45) is 0 Å². The Balaban J connectivity index is 2.09. The molecule has 0 unspecified atom stereocenters. The van der Waals surface area contributed by atoms with Crippen LogP contribution in [0.4, 0.5) is 5.82 Å². The molecule has 0 bridgehead atoms. The molecule has 0 aliphatic rings. The van der Waals surface area contributed by atoms with Crippen LogP contribution in [-0.4, -0.2) is 15.2 Å². The molecule has 0 atom stereocenters. The number of pyridine rings is 1. The molecular formula is C16H16N4. The van der Waals surface area contributed by atoms with E-state index >= 15 is 0 Å². The Morgan fingerprint density at radius 3 is 2.30 bits per heavy atom. The first-order valence-electron chi connectivity index (χ1n) is 6.57. The lowest BCUT2D eigenvalue weighted by Gasteiger charge is -2.08. The van der Waals surface area contributed by atoms with Gasteiger partial charge in [-0.2, -0.15) is 5.10 Å². The summed E-state index contributed by atoms with van der Waals surface area (Å²) in [6.07, 6.45) is 0.734. The highest BCUT2D eigenvalue weighted by molar-refractivity contribution is 5.92. The Labute approximate surface area is 117 Å². The van der Waals surface area contributed by atoms with Crippen molar-refractivity contribution in [1.82, 2.24) is 15.2 Å². The van der Waals surface area contributed by atoms with E-state index in [4.69, 9.17) is 5.73 Å². The Kier molecular flexibility index (Phi) is 3.06. The maximum atomic E-state index is 5.88. The van der Waals surface area contributed by atoms with Crippen LogP contribution >= 0.6 is 0 Å². The molecule has 0 saturated heterocycles. The third-order valence-corrected chi connectivity index (χ3v) is 3.31. The standard InChI is InChI=1S/C16H16N4/c1-10-7-12(8-11(2)18-10)9-15-13-5-3-4-6-14(13)16(17)20-19-15/h3-8H,9H2,1-2H3,(H2,17,20). The summed E-state index contributed by atoms with van der Waals surface area (Å²) in [7, 11) is 0. The van der Waals surface area contributed by atoms with E-state index in [0.29, 0.717) is 5.82 Å². The topological polar surface area (TPSA) is 64.7 Å². The first-order chi connectivity index (χ1) is 9.63. The Bertz CT molecular complexity index is 760. The van der Waals surface area contributed by atoms with E-state index in [-0.39, 0.29) is 0 Å². The van der Waals surface area contributed by atoms with Gasteiger partial charge >= 0.3 is 0 Å². The maximum Gasteiger partial charge on any atom is 0.153 e. The lowest BCUT2D eigenvalue weighted by Crippen LogP contribution is -2.02. The molecule has 0 radical (unpaired) electrons. The minimum atomic E-state index is 0.478. The molecule has 1 aromatic carbocycles. The number of aryl methyl sites for hydroxylation is 2. The molecule has 0 aliphatic carbocycles. The van der Waals surface area contributed by atoms with Crippen LogP contribution in [0.1, 0.15) is 22.6 Å². The number of hydrogen-bond acceptors (Lipinski definition) is 4. The van der Waals surface area contributed by atoms with Gasteiger partial charge in [0, 0.05) is 28.6 Å². The van der Waals surface area contributed by atoms with Gasteiger partial charge in [0.25, 0.3) is 0 Å². The van der Waals surface area contributed by atoms with Crippen molar-refractivity contribution >= 4 is 16.6 Å². The number of hydrogen-bond donors (Lipinski definition) is 1. The Morgan fingerprint density at radius 1 is 0.950 bits per heavy atom. The van der Waals surface area contributed by atoms with Crippen molar-refractivity contribution < 1.29 is 0 Å². The van der Waals surface area contributed by atoms with Gasteiger partial charge in [-0.05, 0) is 31.5 Å². The number of fused-ring (bicyclic) bond motifs is 1. The highest BCUT2D eigenvalue weighted by Gasteiger charge is 2.08. The molecule has 0 spiro atoms. The summed E-state index contributed by atoms with van der Waals surface area (Å²) in [6.45, 7) is 4.01. The third kappa shape index (κ3) is 2.32. The van der Waals surface area contributed by atoms with Crippen LogP contribution in [0.5, 0.6) is 0 Å². The summed E-state index contributed by atoms with van der Waals surface area (Å²) in [6, 6.07) is 12.1. The predicted octanol–water partition coefficient (Wildman–Crippen LogP) is 2.81. The van der Waals surface area contributed by atoms with Gasteiger partial charge in [-0.25, -0.2) is 0 Å². The summed E-state index contributed by atoms with van der Waals surface area (Å²) in [5, 5.41) is 10.3. The zero-order valence-electron chi connectivity index (χ0n) is 11.6. The second-order valence-corrected chi connectivity index (χ2v) is 5.01. The Morgan fingerprint density at radius 2 is 1.60 bits per heavy atom. The van der Waals surface area contributed by atoms with Gasteiger partial charge in [0.1, 0.15) is 0 Å². The van der Waals surface area contributed by atoms with Crippen LogP contribution in [0, 0.1) is 13.8 Å². The van der Waals surface area contributed by atoms with Crippen LogP contribution in [-0.2, 0) is 6.42 Å². The Hall–Kier alpha value is -2.49. The van der Waals surface area contributed by atoms with E-state index in [1.807, 2.05) is 38.1 Å². The van der Waals surface area contributed by atoms with Crippen LogP contribution in [0.2, 0.25) is 0 Å². The van der Waals surface area contributed by atoms with E-state index in [2.05, 4.69) is 27.3 Å². The molecule has 4 nitrogen and oxygen atoms in total. The predicted molar refractivity (Wildman–Crippen MR) is 80.5 cm³/mol. The largest absolute Gasteiger partial charge is 0.382 e. The summed E-state index contributed by atoms with van der Waals surface area (Å²) < 4.78 is 0. The molecule has 4 heteroatoms. The van der Waals surface area contributed by atoms with Gasteiger partial charge in [-0.3, -0.25) is 4.98 Å². The van der Waals surface area contributed by atoms with Gasteiger partial charge < -0.3 is 5.73 Å². The molecule has 0 aliphatic heterocycles. The lowest BCUT2D eigenvalue weighted by atomic mass is 10.0. The number of nitrogens with two attached hydrogens (primary N) is 1. The molecule has 20 heavy (non-hydrogen) atoms. The number of nitrogen functional groups attached to an aromatic ring is 1. The highest BCUT2D eigenvalue weighted by Crippen LogP contribution is 2.22. The normalized spacial score (nSPS) is 10.9. The molecule has 2 heterocycles. The molecule has 0 amide bonds. The third-order valence-electron chi connectivity index (χ3n) is 3.31. The van der Waals surface area contributed by atoms with E-state index in [0.717, 1.165) is 34.3 Å². The van der Waals surface area contributed by atoms with E-state index < -0.39 is 0 Å². The van der Waals surface area contributed by atoms with E-state index in [1.54, 1.807) is 0 Å². The lowest BCUT2D eigenvalue weighted by molar-refractivity contribution is 0.957. The van der Waals surface area contributed by atoms with Crippen molar-refractivity contribution in [3.63, 3.8) is 0 Å². The van der Waals surface area contributed by atoms with Crippen molar-refractivity contribution in [2.45, 2.75) is 20.3 Å². The smallest absolute Gasteiger partial charge is 0.153 e. The molecule has 3 aromatic rings. The monoisotopic (exact) mass is 264 g/mol. The van der Waals surface area contributed by atoms with Crippen LogP contribution in [0.3, 0.4) is 0 Å². The molecule has 0 saturated carbocycles. The number of anilines is 1. The summed E-state index contributed by atoms with van der Waals surface area (Å²) >= 11 is 0. The van der Waals surface area contributed by atoms with Gasteiger partial charge in [-0.15, -0.1) is 5.10 Å². The molecule has 3 rings (SSSR count). The number of nitrogens with zero attached hydrogens (tertiary/aromatic N) is 3. The number of aromatic nitrogens is 3. The quantitative estimate of drug-likeness (QED) is 0.773. The van der Waals surface area contributed by atoms with E-state index in [9.17, 15) is 0 Å². The van der Waals surface area contributed by atoms with Crippen LogP contribution in [0.15, 0.2) is 36.4 Å². The first kappa shape index (κ1) is 12.5. The van der Waals surface area contributed by atoms with Crippen LogP contribution < -0.4 is 5.73 Å². The number of rotatable bonds is 2. The minimum Gasteiger partial charge on any atom is -0.382 e. The summed E-state index contributed by atoms with van der Waals surface area (Å²) in [5.41, 5.74) is 10.1. The first-order valence-corrected chi connectivity index (χ1v) is 6.57. The van der Waals surface area contributed by atoms with Crippen molar-refractivity contribution in [2.75, 3.05) is 5.73 Å². The molecule has 2 N–H and O–H groups in total. The zero-order chi connectivity index (χ0) is 14.1. The molecule has 100 valence electrons. The van der Waals surface area contributed by atoms with E-state index in [1.165, 1.54) is 5.56 Å². The summed E-state index contributed by atoms with van der Waals surface area (Å²) in [4.78, 5) is 4.40. The fraction of sp³-hybridized carbons (Fsp3) is 0.188. The molecule has 2 aromatic heterocycles. The maximum absolute atomic E-state index is 5.88. The van der Waals surface area contributed by atoms with Gasteiger partial charge in [0.05, 0.1) is 5.69 Å². The van der Waals surface area contributed by atoms with Gasteiger partial charge in [0.2, 0.25) is 0 Å². The summed E-state index contributed by atoms with van der Waals surface area (Å²) in [5.74, 6) is 0.478. The van der Waals surface area contributed by atoms with Gasteiger partial charge in [-0.1, -0.05) is 24.3 Å². The van der Waals surface area contributed by atoms with Crippen LogP contribution in [0.25, 0.3) is 10.8 Å². The average Bonchev–Trinajstić information content (AvgIpc) is 2.41. The minimum absolute atomic E-state index is 0.478. The van der Waals surface area contributed by atoms with Gasteiger partial charge in [0.15, 0.2) is 5.82 Å². The van der Waals surface area contributed by atoms with Crippen molar-refractivity contribution in [1.29, 1.82) is 0 Å². The highest BCUT2D eigenvalue weighted by atomic mass is 15.1. The fourth-order valence-corrected chi connectivity index (χ4v) is 2.53. The van der Waals surface area contributed by atoms with Crippen molar-refractivity contribution in [3.05, 3.63) is 59.0 Å². The average molecular weight is 264 g/mol. The molecule has 0 fully saturated rings. The zero-order valence-corrected chi connectivity index (χ0v) is 11.6. The number of benzene rings is 1. The molecular weight excluding hydrogens is 248 g/mol. The fourth-order valence-electron chi connectivity index (χ4n) is 2.53. The van der Waals surface area contributed by atoms with Crippen molar-refractivity contribution in [3.8, 4) is 0 Å². The SMILES string of the molecule is Cc1cc(Cc2nnc(N)c3ccccc23)cc(C)n1. The second kappa shape index (κ2) is 4.89. The second-order valence-electron chi connectivity index (χ2n) is 5.01.